The first-order valence-electron chi connectivity index (χ1n) is 8.08. The molecule has 0 spiro atoms. The summed E-state index contributed by atoms with van der Waals surface area (Å²) in [6.45, 7) is 3.11. The van der Waals surface area contributed by atoms with Crippen LogP contribution in [-0.4, -0.2) is 41.9 Å². The van der Waals surface area contributed by atoms with Gasteiger partial charge in [-0.05, 0) is 62.0 Å². The Morgan fingerprint density at radius 2 is 2.39 bits per heavy atom. The summed E-state index contributed by atoms with van der Waals surface area (Å²) in [5.74, 6) is 4.10. The zero-order valence-electron chi connectivity index (χ0n) is 13.4. The summed E-state index contributed by atoms with van der Waals surface area (Å²) in [4.78, 5) is 3.75. The summed E-state index contributed by atoms with van der Waals surface area (Å²) in [5.41, 5.74) is 1.03. The van der Waals surface area contributed by atoms with Crippen molar-refractivity contribution < 1.29 is 0 Å². The largest absolute Gasteiger partial charge is 0.361 e. The second kappa shape index (κ2) is 7.57. The number of hydrogen-bond donors (Lipinski definition) is 2. The van der Waals surface area contributed by atoms with Crippen LogP contribution in [0.5, 0.6) is 0 Å². The molecule has 1 aromatic carbocycles. The minimum absolute atomic E-state index is 0.444. The van der Waals surface area contributed by atoms with Gasteiger partial charge in [0.15, 0.2) is 5.11 Å². The quantitative estimate of drug-likeness (QED) is 0.497. The third kappa shape index (κ3) is 4.00. The van der Waals surface area contributed by atoms with Crippen LogP contribution >= 0.6 is 24.0 Å². The molecule has 3 aliphatic heterocycles. The van der Waals surface area contributed by atoms with E-state index in [1.165, 1.54) is 24.3 Å². The van der Waals surface area contributed by atoms with Crippen LogP contribution in [-0.2, 0) is 0 Å². The lowest BCUT2D eigenvalue weighted by molar-refractivity contribution is 0.0248. The minimum atomic E-state index is 0.444. The van der Waals surface area contributed by atoms with Crippen molar-refractivity contribution in [3.63, 3.8) is 0 Å². The van der Waals surface area contributed by atoms with Crippen LogP contribution in [0.4, 0.5) is 5.69 Å². The predicted molar refractivity (Wildman–Crippen MR) is 103 cm³/mol. The molecular formula is C18H23N3S2. The van der Waals surface area contributed by atoms with Crippen LogP contribution < -0.4 is 10.6 Å². The number of thioether (sulfide) groups is 1. The van der Waals surface area contributed by atoms with Gasteiger partial charge in [0, 0.05) is 35.6 Å². The van der Waals surface area contributed by atoms with Crippen molar-refractivity contribution in [2.45, 2.75) is 23.8 Å². The van der Waals surface area contributed by atoms with Gasteiger partial charge in [0.1, 0.15) is 0 Å². The van der Waals surface area contributed by atoms with Gasteiger partial charge < -0.3 is 10.6 Å². The number of nitrogens with one attached hydrogen (secondary N) is 2. The molecule has 3 saturated heterocycles. The molecule has 0 amide bonds. The van der Waals surface area contributed by atoms with E-state index in [1.54, 1.807) is 11.8 Å². The number of thiocarbonyl (C=S) groups is 1. The molecule has 3 nitrogen and oxygen atoms in total. The molecule has 0 radical (unpaired) electrons. The van der Waals surface area contributed by atoms with Crippen molar-refractivity contribution in [3.05, 3.63) is 24.3 Å². The Balaban J connectivity index is 1.49. The van der Waals surface area contributed by atoms with E-state index in [1.807, 2.05) is 12.1 Å². The van der Waals surface area contributed by atoms with Crippen molar-refractivity contribution in [2.24, 2.45) is 11.8 Å². The zero-order chi connectivity index (χ0) is 16.2. The van der Waals surface area contributed by atoms with Gasteiger partial charge in [-0.2, -0.15) is 0 Å². The number of terminal acetylenes is 1. The van der Waals surface area contributed by atoms with Gasteiger partial charge in [-0.15, -0.1) is 24.1 Å². The summed E-state index contributed by atoms with van der Waals surface area (Å²) >= 11 is 7.17. The predicted octanol–water partition coefficient (Wildman–Crippen LogP) is 3.04. The Morgan fingerprint density at radius 1 is 1.52 bits per heavy atom. The molecule has 4 rings (SSSR count). The molecule has 4 atom stereocenters. The fourth-order valence-electron chi connectivity index (χ4n) is 3.63. The lowest BCUT2D eigenvalue weighted by Crippen LogP contribution is -2.56. The standard InChI is InChI=1S/C18H23N3S2/c1-3-13-12-21-8-7-14(13)9-16(21)11-19-18(22)20-15-5-4-6-17(10-15)23-2/h1,4-6,10,13-14,16H,7-9,11-12H2,2H3,(H2,19,20,22)/t13-,14+,16+/m0/s1. The van der Waals surface area contributed by atoms with Crippen LogP contribution in [0.1, 0.15) is 12.8 Å². The van der Waals surface area contributed by atoms with E-state index in [-0.39, 0.29) is 0 Å². The SMILES string of the molecule is C#C[C@H]1CN2CC[C@@H]1C[C@@H]2CNC(=S)Nc1cccc(SC)c1. The second-order valence-corrected chi connectivity index (χ2v) is 7.56. The number of piperidine rings is 3. The van der Waals surface area contributed by atoms with E-state index < -0.39 is 0 Å². The molecule has 2 N–H and O–H groups in total. The first-order chi connectivity index (χ1) is 11.2. The number of anilines is 1. The summed E-state index contributed by atoms with van der Waals surface area (Å²) < 4.78 is 0. The Kier molecular flexibility index (Phi) is 5.47. The summed E-state index contributed by atoms with van der Waals surface area (Å²) in [6.07, 6.45) is 10.1. The highest BCUT2D eigenvalue weighted by Crippen LogP contribution is 2.35. The molecule has 0 aromatic heterocycles. The molecule has 1 unspecified atom stereocenters. The second-order valence-electron chi connectivity index (χ2n) is 6.27. The minimum Gasteiger partial charge on any atom is -0.361 e. The lowest BCUT2D eigenvalue weighted by atomic mass is 9.76. The van der Waals surface area contributed by atoms with E-state index in [4.69, 9.17) is 18.6 Å². The Hall–Kier alpha value is -1.22. The van der Waals surface area contributed by atoms with E-state index in [2.05, 4.69) is 39.8 Å². The highest BCUT2D eigenvalue weighted by molar-refractivity contribution is 7.98. The average molecular weight is 346 g/mol. The van der Waals surface area contributed by atoms with Gasteiger partial charge in [0.25, 0.3) is 0 Å². The molecule has 0 aliphatic carbocycles. The molecule has 3 aliphatic rings. The Labute approximate surface area is 148 Å². The summed E-state index contributed by atoms with van der Waals surface area (Å²) in [6, 6.07) is 8.85. The maximum atomic E-state index is 5.64. The third-order valence-electron chi connectivity index (χ3n) is 4.92. The highest BCUT2D eigenvalue weighted by atomic mass is 32.2. The smallest absolute Gasteiger partial charge is 0.170 e. The molecule has 1 aromatic rings. The molecule has 5 heteroatoms. The topological polar surface area (TPSA) is 27.3 Å². The van der Waals surface area contributed by atoms with Gasteiger partial charge >= 0.3 is 0 Å². The first-order valence-corrected chi connectivity index (χ1v) is 9.72. The summed E-state index contributed by atoms with van der Waals surface area (Å²) in [7, 11) is 0. The molecule has 23 heavy (non-hydrogen) atoms. The monoisotopic (exact) mass is 345 g/mol. The van der Waals surface area contributed by atoms with Crippen molar-refractivity contribution >= 4 is 34.8 Å². The highest BCUT2D eigenvalue weighted by Gasteiger charge is 2.39. The maximum absolute atomic E-state index is 5.64. The fraction of sp³-hybridized carbons (Fsp3) is 0.500. The van der Waals surface area contributed by atoms with E-state index in [0.29, 0.717) is 23.0 Å². The molecule has 2 bridgehead atoms. The Morgan fingerprint density at radius 3 is 3.09 bits per heavy atom. The van der Waals surface area contributed by atoms with E-state index >= 15 is 0 Å². The summed E-state index contributed by atoms with van der Waals surface area (Å²) in [5, 5.41) is 7.35. The van der Waals surface area contributed by atoms with Gasteiger partial charge in [-0.3, -0.25) is 4.90 Å². The number of nitrogens with zero attached hydrogens (tertiary/aromatic N) is 1. The van der Waals surface area contributed by atoms with Crippen LogP contribution in [0.25, 0.3) is 0 Å². The van der Waals surface area contributed by atoms with Gasteiger partial charge in [0.2, 0.25) is 0 Å². The zero-order valence-corrected chi connectivity index (χ0v) is 15.1. The van der Waals surface area contributed by atoms with Crippen molar-refractivity contribution in [1.29, 1.82) is 0 Å². The van der Waals surface area contributed by atoms with Crippen molar-refractivity contribution in [3.8, 4) is 12.3 Å². The number of rotatable bonds is 4. The number of benzene rings is 1. The van der Waals surface area contributed by atoms with Crippen LogP contribution in [0.2, 0.25) is 0 Å². The molecule has 3 fully saturated rings. The molecule has 122 valence electrons. The van der Waals surface area contributed by atoms with E-state index in [9.17, 15) is 0 Å². The number of hydrogen-bond acceptors (Lipinski definition) is 3. The average Bonchev–Trinajstić information content (AvgIpc) is 2.60. The van der Waals surface area contributed by atoms with Crippen molar-refractivity contribution in [2.75, 3.05) is 31.2 Å². The molecule has 0 saturated carbocycles. The van der Waals surface area contributed by atoms with Crippen LogP contribution in [0, 0.1) is 24.2 Å². The van der Waals surface area contributed by atoms with Gasteiger partial charge in [0.05, 0.1) is 0 Å². The first kappa shape index (κ1) is 16.6. The third-order valence-corrected chi connectivity index (χ3v) is 5.89. The van der Waals surface area contributed by atoms with Crippen molar-refractivity contribution in [1.82, 2.24) is 10.2 Å². The van der Waals surface area contributed by atoms with Crippen LogP contribution in [0.3, 0.4) is 0 Å². The lowest BCUT2D eigenvalue weighted by Gasteiger charge is -2.48. The Bertz CT molecular complexity index is 611. The molecular weight excluding hydrogens is 322 g/mol. The van der Waals surface area contributed by atoms with Gasteiger partial charge in [-0.1, -0.05) is 6.07 Å². The fourth-order valence-corrected chi connectivity index (χ4v) is 4.29. The van der Waals surface area contributed by atoms with Gasteiger partial charge in [-0.25, -0.2) is 0 Å². The van der Waals surface area contributed by atoms with E-state index in [0.717, 1.165) is 18.8 Å². The number of fused-ring (bicyclic) bond motifs is 3. The normalized spacial score (nSPS) is 28.9. The van der Waals surface area contributed by atoms with Crippen LogP contribution in [0.15, 0.2) is 29.2 Å². The molecule has 3 heterocycles. The maximum Gasteiger partial charge on any atom is 0.170 e.